The summed E-state index contributed by atoms with van der Waals surface area (Å²) >= 11 is 0. The molecule has 10 heteroatoms. The van der Waals surface area contributed by atoms with Crippen molar-refractivity contribution >= 4 is 23.9 Å². The first-order valence-corrected chi connectivity index (χ1v) is 17.5. The van der Waals surface area contributed by atoms with Gasteiger partial charge in [-0.3, -0.25) is 29.2 Å². The van der Waals surface area contributed by atoms with Crippen LogP contribution in [0.4, 0.5) is 9.59 Å². The first-order chi connectivity index (χ1) is 21.4. The molecule has 4 aliphatic rings. The summed E-state index contributed by atoms with van der Waals surface area (Å²) in [7, 11) is 0. The maximum Gasteiger partial charge on any atom is 0.325 e. The molecule has 2 N–H and O–H groups in total. The Hall–Kier alpha value is -2.72. The van der Waals surface area contributed by atoms with E-state index in [2.05, 4.69) is 103 Å². The zero-order chi connectivity index (χ0) is 34.7. The van der Waals surface area contributed by atoms with Gasteiger partial charge in [-0.1, -0.05) is 53.7 Å². The minimum atomic E-state index is -1.08. The van der Waals surface area contributed by atoms with Crippen molar-refractivity contribution in [1.82, 2.24) is 30.2 Å². The normalized spacial score (nSPS) is 41.9. The van der Waals surface area contributed by atoms with E-state index in [0.29, 0.717) is 25.9 Å². The quantitative estimate of drug-likeness (QED) is 0.235. The number of carbonyl (C=O) groups is 4. The summed E-state index contributed by atoms with van der Waals surface area (Å²) in [5.41, 5.74) is -3.61. The van der Waals surface area contributed by atoms with Crippen LogP contribution >= 0.6 is 0 Å². The standard InChI is InChI=1S/C36H60N6O4/c1-13-19-41-31(9,15-3)23-35(25(7)33(41,11)17-5)27(43)39(29(45)37-35)21-22-40-28(44)36(38-30(40)46)24-32(10,16-4)42(20-14-2)34(12,18-6)26(36)8/h13-14,25-26H,1-2,15-24H2,3-12H3,(H,37,45)(H,38,46). The van der Waals surface area contributed by atoms with Gasteiger partial charge in [0.05, 0.1) is 0 Å². The maximum atomic E-state index is 14.4. The molecule has 10 nitrogen and oxygen atoms in total. The second-order valence-corrected chi connectivity index (χ2v) is 15.4. The van der Waals surface area contributed by atoms with Crippen molar-refractivity contribution in [2.24, 2.45) is 11.8 Å². The Labute approximate surface area is 277 Å². The van der Waals surface area contributed by atoms with Gasteiger partial charge < -0.3 is 10.6 Å². The molecule has 6 amide bonds. The third-order valence-electron chi connectivity index (χ3n) is 13.7. The number of imide groups is 2. The van der Waals surface area contributed by atoms with Gasteiger partial charge in [-0.15, -0.1) is 13.2 Å². The fraction of sp³-hybridized carbons (Fsp3) is 0.778. The number of carbonyl (C=O) groups excluding carboxylic acids is 4. The van der Waals surface area contributed by atoms with Crippen LogP contribution in [0.15, 0.2) is 25.3 Å². The van der Waals surface area contributed by atoms with Gasteiger partial charge in [0.2, 0.25) is 0 Å². The van der Waals surface area contributed by atoms with Gasteiger partial charge in [0.15, 0.2) is 0 Å². The van der Waals surface area contributed by atoms with E-state index in [1.807, 2.05) is 12.2 Å². The highest BCUT2D eigenvalue weighted by molar-refractivity contribution is 6.09. The van der Waals surface area contributed by atoms with Crippen molar-refractivity contribution in [3.63, 3.8) is 0 Å². The third-order valence-corrected chi connectivity index (χ3v) is 13.7. The molecular formula is C36H60N6O4. The summed E-state index contributed by atoms with van der Waals surface area (Å²) in [6.45, 7) is 30.6. The van der Waals surface area contributed by atoms with Crippen LogP contribution in [-0.2, 0) is 9.59 Å². The molecule has 8 atom stereocenters. The Morgan fingerprint density at radius 1 is 0.652 bits per heavy atom. The van der Waals surface area contributed by atoms with E-state index in [1.165, 1.54) is 9.80 Å². The number of amides is 6. The molecule has 0 radical (unpaired) electrons. The molecule has 0 aromatic rings. The van der Waals surface area contributed by atoms with Crippen molar-refractivity contribution in [2.45, 2.75) is 141 Å². The zero-order valence-corrected chi connectivity index (χ0v) is 30.2. The molecule has 4 rings (SSSR count). The van der Waals surface area contributed by atoms with E-state index in [0.717, 1.165) is 25.7 Å². The molecule has 0 bridgehead atoms. The fourth-order valence-corrected chi connectivity index (χ4v) is 9.93. The largest absolute Gasteiger partial charge is 0.325 e. The summed E-state index contributed by atoms with van der Waals surface area (Å²) < 4.78 is 0. The van der Waals surface area contributed by atoms with Crippen molar-refractivity contribution in [1.29, 1.82) is 0 Å². The highest BCUT2D eigenvalue weighted by Gasteiger charge is 2.68. The summed E-state index contributed by atoms with van der Waals surface area (Å²) in [6.07, 6.45) is 7.95. The highest BCUT2D eigenvalue weighted by Crippen LogP contribution is 2.53. The minimum absolute atomic E-state index is 0.0521. The lowest BCUT2D eigenvalue weighted by Crippen LogP contribution is -2.75. The fourth-order valence-electron chi connectivity index (χ4n) is 9.93. The van der Waals surface area contributed by atoms with Crippen molar-refractivity contribution in [2.75, 3.05) is 26.2 Å². The Kier molecular flexibility index (Phi) is 9.47. The Morgan fingerprint density at radius 2 is 0.978 bits per heavy atom. The van der Waals surface area contributed by atoms with Crippen LogP contribution in [0, 0.1) is 11.8 Å². The second kappa shape index (κ2) is 12.1. The Morgan fingerprint density at radius 3 is 1.24 bits per heavy atom. The number of likely N-dealkylation sites (tertiary alicyclic amines) is 2. The lowest BCUT2D eigenvalue weighted by molar-refractivity contribution is -0.155. The van der Waals surface area contributed by atoms with Gasteiger partial charge in [-0.05, 0) is 66.2 Å². The lowest BCUT2D eigenvalue weighted by Gasteiger charge is -2.63. The molecule has 0 aliphatic carbocycles. The SMILES string of the molecule is C=CCN1C(C)(CC)CC2(NC(=O)N(CCN3C(=O)NC4(CC(C)(CC)N(CC=C)C(C)(CC)C4C)C3=O)C2=O)C(C)C1(C)CC. The van der Waals surface area contributed by atoms with Gasteiger partial charge in [0.1, 0.15) is 11.1 Å². The van der Waals surface area contributed by atoms with E-state index >= 15 is 0 Å². The van der Waals surface area contributed by atoms with Crippen molar-refractivity contribution in [3.8, 4) is 0 Å². The second-order valence-electron chi connectivity index (χ2n) is 15.4. The van der Waals surface area contributed by atoms with E-state index < -0.39 is 23.1 Å². The molecule has 258 valence electrons. The van der Waals surface area contributed by atoms with Gasteiger partial charge in [0, 0.05) is 60.2 Å². The highest BCUT2D eigenvalue weighted by atomic mass is 16.2. The van der Waals surface area contributed by atoms with E-state index in [-0.39, 0.29) is 58.9 Å². The molecule has 4 heterocycles. The predicted octanol–water partition coefficient (Wildman–Crippen LogP) is 5.30. The molecule has 4 saturated heterocycles. The number of hydrogen-bond donors (Lipinski definition) is 2. The van der Waals surface area contributed by atoms with Crippen LogP contribution in [-0.4, -0.2) is 103 Å². The first-order valence-electron chi connectivity index (χ1n) is 17.5. The molecule has 0 saturated carbocycles. The first kappa shape index (κ1) is 36.1. The molecule has 0 aromatic carbocycles. The third kappa shape index (κ3) is 4.79. The van der Waals surface area contributed by atoms with Crippen molar-refractivity contribution < 1.29 is 19.2 Å². The van der Waals surface area contributed by atoms with Crippen molar-refractivity contribution in [3.05, 3.63) is 25.3 Å². The van der Waals surface area contributed by atoms with Crippen LogP contribution in [0.1, 0.15) is 108 Å². The monoisotopic (exact) mass is 640 g/mol. The summed E-state index contributed by atoms with van der Waals surface area (Å²) in [5, 5.41) is 6.29. The zero-order valence-electron chi connectivity index (χ0n) is 30.2. The molecule has 4 fully saturated rings. The number of rotatable bonds is 11. The number of hydrogen-bond acceptors (Lipinski definition) is 6. The average Bonchev–Trinajstić information content (AvgIpc) is 3.41. The van der Waals surface area contributed by atoms with Crippen LogP contribution in [0.2, 0.25) is 0 Å². The number of urea groups is 2. The summed E-state index contributed by atoms with van der Waals surface area (Å²) in [4.78, 5) is 63.5. The summed E-state index contributed by atoms with van der Waals surface area (Å²) in [5.74, 6) is -0.919. The van der Waals surface area contributed by atoms with Gasteiger partial charge in [-0.2, -0.15) is 0 Å². The number of piperidine rings is 2. The number of nitrogens with zero attached hydrogens (tertiary/aromatic N) is 4. The maximum absolute atomic E-state index is 14.4. The Balaban J connectivity index is 1.62. The van der Waals surface area contributed by atoms with Crippen LogP contribution in [0.5, 0.6) is 0 Å². The van der Waals surface area contributed by atoms with E-state index in [1.54, 1.807) is 0 Å². The van der Waals surface area contributed by atoms with Gasteiger partial charge >= 0.3 is 12.1 Å². The smallest absolute Gasteiger partial charge is 0.323 e. The molecule has 8 unspecified atom stereocenters. The number of nitrogens with one attached hydrogen (secondary N) is 2. The summed E-state index contributed by atoms with van der Waals surface area (Å²) in [6, 6.07) is -0.924. The topological polar surface area (TPSA) is 105 Å². The van der Waals surface area contributed by atoms with E-state index in [9.17, 15) is 19.2 Å². The Bertz CT molecular complexity index is 1190. The van der Waals surface area contributed by atoms with Crippen LogP contribution in [0.25, 0.3) is 0 Å². The van der Waals surface area contributed by atoms with Crippen LogP contribution in [0.3, 0.4) is 0 Å². The van der Waals surface area contributed by atoms with E-state index in [4.69, 9.17) is 0 Å². The van der Waals surface area contributed by atoms with Gasteiger partial charge in [0.25, 0.3) is 11.8 Å². The minimum Gasteiger partial charge on any atom is -0.323 e. The van der Waals surface area contributed by atoms with Crippen LogP contribution < -0.4 is 10.6 Å². The van der Waals surface area contributed by atoms with Gasteiger partial charge in [-0.25, -0.2) is 9.59 Å². The predicted molar refractivity (Wildman–Crippen MR) is 182 cm³/mol. The molecule has 2 spiro atoms. The molecule has 4 aliphatic heterocycles. The average molecular weight is 641 g/mol. The lowest BCUT2D eigenvalue weighted by atomic mass is 9.60. The molecular weight excluding hydrogens is 580 g/mol. The molecule has 0 aromatic heterocycles. The molecule has 46 heavy (non-hydrogen) atoms.